The second-order valence-electron chi connectivity index (χ2n) is 3.42. The molecule has 0 aliphatic heterocycles. The topological polar surface area (TPSA) is 92.2 Å². The van der Waals surface area contributed by atoms with E-state index in [1.807, 2.05) is 0 Å². The van der Waals surface area contributed by atoms with Crippen LogP contribution in [0, 0.1) is 0 Å². The predicted molar refractivity (Wildman–Crippen MR) is 64.9 cm³/mol. The molecule has 90 valence electrons. The number of aromatic nitrogens is 2. The van der Waals surface area contributed by atoms with Crippen molar-refractivity contribution in [2.24, 2.45) is 0 Å². The number of hydrogen-bond acceptors (Lipinski definition) is 4. The van der Waals surface area contributed by atoms with Gasteiger partial charge in [0.25, 0.3) is 0 Å². The Morgan fingerprint density at radius 2 is 1.83 bits per heavy atom. The molecule has 0 bridgehead atoms. The molecule has 0 atom stereocenters. The number of nitrogens with one attached hydrogen (secondary N) is 1. The van der Waals surface area contributed by atoms with Crippen LogP contribution in [0.2, 0.25) is 0 Å². The summed E-state index contributed by atoms with van der Waals surface area (Å²) in [5.41, 5.74) is 1.90. The lowest BCUT2D eigenvalue weighted by molar-refractivity contribution is -0.131. The molecule has 0 saturated heterocycles. The highest BCUT2D eigenvalue weighted by atomic mass is 16.4. The van der Waals surface area contributed by atoms with Crippen LogP contribution in [0.5, 0.6) is 0 Å². The first-order valence-electron chi connectivity index (χ1n) is 5.08. The van der Waals surface area contributed by atoms with E-state index in [9.17, 15) is 9.59 Å². The average molecular weight is 243 g/mol. The van der Waals surface area contributed by atoms with Gasteiger partial charge in [-0.2, -0.15) is 0 Å². The smallest absolute Gasteiger partial charge is 0.328 e. The van der Waals surface area contributed by atoms with Crippen molar-refractivity contribution in [3.8, 4) is 0 Å². The summed E-state index contributed by atoms with van der Waals surface area (Å²) in [5, 5.41) is 10.9. The van der Waals surface area contributed by atoms with E-state index in [0.717, 1.165) is 17.7 Å². The van der Waals surface area contributed by atoms with Crippen LogP contribution in [-0.4, -0.2) is 27.0 Å². The quantitative estimate of drug-likeness (QED) is 0.790. The molecule has 0 spiro atoms. The number of fused-ring (bicyclic) bond motifs is 1. The van der Waals surface area contributed by atoms with Gasteiger partial charge in [-0.05, 0) is 18.2 Å². The molecule has 0 aliphatic carbocycles. The minimum atomic E-state index is -1.17. The number of hydrogen-bond donors (Lipinski definition) is 2. The maximum Gasteiger partial charge on any atom is 0.328 e. The van der Waals surface area contributed by atoms with Crippen molar-refractivity contribution >= 4 is 28.6 Å². The monoisotopic (exact) mass is 243 g/mol. The summed E-state index contributed by atoms with van der Waals surface area (Å²) < 4.78 is 0. The zero-order chi connectivity index (χ0) is 13.0. The van der Waals surface area contributed by atoms with Crippen LogP contribution in [0.3, 0.4) is 0 Å². The van der Waals surface area contributed by atoms with Gasteiger partial charge in [0.05, 0.1) is 11.0 Å². The van der Waals surface area contributed by atoms with Crippen molar-refractivity contribution in [3.63, 3.8) is 0 Å². The first kappa shape index (κ1) is 11.7. The van der Waals surface area contributed by atoms with E-state index in [-0.39, 0.29) is 0 Å². The van der Waals surface area contributed by atoms with E-state index in [2.05, 4.69) is 15.3 Å². The van der Waals surface area contributed by atoms with Crippen LogP contribution in [-0.2, 0) is 9.59 Å². The SMILES string of the molecule is O=C(O)/C=C/C(=O)Nc1ccc2nccnc2c1. The fraction of sp³-hybridized carbons (Fsp3) is 0. The summed E-state index contributed by atoms with van der Waals surface area (Å²) >= 11 is 0. The number of rotatable bonds is 3. The lowest BCUT2D eigenvalue weighted by Crippen LogP contribution is -2.08. The number of benzene rings is 1. The Morgan fingerprint density at radius 1 is 1.11 bits per heavy atom. The van der Waals surface area contributed by atoms with Crippen LogP contribution in [0.15, 0.2) is 42.7 Å². The molecule has 18 heavy (non-hydrogen) atoms. The maximum atomic E-state index is 11.4. The molecule has 0 saturated carbocycles. The van der Waals surface area contributed by atoms with Gasteiger partial charge in [0, 0.05) is 30.2 Å². The van der Waals surface area contributed by atoms with Gasteiger partial charge in [0.2, 0.25) is 5.91 Å². The largest absolute Gasteiger partial charge is 0.478 e. The van der Waals surface area contributed by atoms with Crippen LogP contribution in [0.1, 0.15) is 0 Å². The summed E-state index contributed by atoms with van der Waals surface area (Å²) in [6.45, 7) is 0. The first-order valence-corrected chi connectivity index (χ1v) is 5.08. The van der Waals surface area contributed by atoms with E-state index in [4.69, 9.17) is 5.11 Å². The van der Waals surface area contributed by atoms with Gasteiger partial charge in [-0.25, -0.2) is 4.79 Å². The van der Waals surface area contributed by atoms with E-state index < -0.39 is 11.9 Å². The number of carboxylic acids is 1. The molecule has 2 aromatic rings. The van der Waals surface area contributed by atoms with Crippen molar-refractivity contribution in [3.05, 3.63) is 42.7 Å². The maximum absolute atomic E-state index is 11.4. The second kappa shape index (κ2) is 5.05. The van der Waals surface area contributed by atoms with Gasteiger partial charge in [-0.3, -0.25) is 14.8 Å². The van der Waals surface area contributed by atoms with Crippen LogP contribution in [0.4, 0.5) is 5.69 Å². The summed E-state index contributed by atoms with van der Waals surface area (Å²) in [7, 11) is 0. The van der Waals surface area contributed by atoms with Gasteiger partial charge in [0.1, 0.15) is 0 Å². The van der Waals surface area contributed by atoms with Crippen LogP contribution in [0.25, 0.3) is 11.0 Å². The molecule has 1 aromatic carbocycles. The zero-order valence-electron chi connectivity index (χ0n) is 9.20. The number of amides is 1. The summed E-state index contributed by atoms with van der Waals surface area (Å²) in [6, 6.07) is 5.05. The molecule has 2 N–H and O–H groups in total. The lowest BCUT2D eigenvalue weighted by atomic mass is 10.2. The minimum Gasteiger partial charge on any atom is -0.478 e. The third-order valence-corrected chi connectivity index (χ3v) is 2.11. The molecule has 0 aliphatic rings. The molecule has 1 heterocycles. The van der Waals surface area contributed by atoms with Crippen LogP contribution >= 0.6 is 0 Å². The van der Waals surface area contributed by atoms with E-state index >= 15 is 0 Å². The number of carbonyl (C=O) groups excluding carboxylic acids is 1. The summed E-state index contributed by atoms with van der Waals surface area (Å²) in [6.07, 6.45) is 4.85. The highest BCUT2D eigenvalue weighted by Crippen LogP contribution is 2.14. The molecule has 6 heteroatoms. The summed E-state index contributed by atoms with van der Waals surface area (Å²) in [5.74, 6) is -1.69. The number of nitrogens with zero attached hydrogens (tertiary/aromatic N) is 2. The van der Waals surface area contributed by atoms with Crippen molar-refractivity contribution < 1.29 is 14.7 Å². The second-order valence-corrected chi connectivity index (χ2v) is 3.42. The molecular formula is C12H9N3O3. The predicted octanol–water partition coefficient (Wildman–Crippen LogP) is 1.21. The Morgan fingerprint density at radius 3 is 2.56 bits per heavy atom. The molecular weight excluding hydrogens is 234 g/mol. The molecule has 1 aromatic heterocycles. The highest BCUT2D eigenvalue weighted by Gasteiger charge is 2.01. The molecule has 0 fully saturated rings. The van der Waals surface area contributed by atoms with Gasteiger partial charge in [0.15, 0.2) is 0 Å². The fourth-order valence-electron chi connectivity index (χ4n) is 1.37. The Bertz CT molecular complexity index is 637. The fourth-order valence-corrected chi connectivity index (χ4v) is 1.37. The van der Waals surface area contributed by atoms with Crippen molar-refractivity contribution in [2.75, 3.05) is 5.32 Å². The first-order chi connectivity index (χ1) is 8.65. The Balaban J connectivity index is 2.17. The van der Waals surface area contributed by atoms with Crippen molar-refractivity contribution in [2.45, 2.75) is 0 Å². The number of carboxylic acid groups (broad SMARTS) is 1. The lowest BCUT2D eigenvalue weighted by Gasteiger charge is -2.02. The average Bonchev–Trinajstić information content (AvgIpc) is 2.36. The standard InChI is InChI=1S/C12H9N3O3/c16-11(3-4-12(17)18)15-8-1-2-9-10(7-8)14-6-5-13-9/h1-7H,(H,15,16)(H,17,18)/b4-3+. The van der Waals surface area contributed by atoms with Crippen molar-refractivity contribution in [1.29, 1.82) is 0 Å². The zero-order valence-corrected chi connectivity index (χ0v) is 9.20. The Hall–Kier alpha value is -2.76. The highest BCUT2D eigenvalue weighted by molar-refractivity contribution is 6.02. The number of aliphatic carboxylic acids is 1. The third-order valence-electron chi connectivity index (χ3n) is 2.11. The number of carbonyl (C=O) groups is 2. The number of anilines is 1. The van der Waals surface area contributed by atoms with E-state index in [1.165, 1.54) is 0 Å². The van der Waals surface area contributed by atoms with Crippen LogP contribution < -0.4 is 5.32 Å². The van der Waals surface area contributed by atoms with Gasteiger partial charge in [-0.15, -0.1) is 0 Å². The van der Waals surface area contributed by atoms with Gasteiger partial charge < -0.3 is 10.4 Å². The van der Waals surface area contributed by atoms with E-state index in [1.54, 1.807) is 30.6 Å². The molecule has 0 unspecified atom stereocenters. The van der Waals surface area contributed by atoms with E-state index in [0.29, 0.717) is 11.2 Å². The Kier molecular flexibility index (Phi) is 3.29. The molecule has 6 nitrogen and oxygen atoms in total. The molecule has 0 radical (unpaired) electrons. The van der Waals surface area contributed by atoms with Gasteiger partial charge in [-0.1, -0.05) is 0 Å². The molecule has 2 rings (SSSR count). The Labute approximate surface area is 102 Å². The van der Waals surface area contributed by atoms with Gasteiger partial charge >= 0.3 is 5.97 Å². The minimum absolute atomic E-state index is 0.513. The normalized spacial score (nSPS) is 10.7. The summed E-state index contributed by atoms with van der Waals surface area (Å²) in [4.78, 5) is 29.8. The third kappa shape index (κ3) is 2.88. The molecule has 1 amide bonds. The van der Waals surface area contributed by atoms with Crippen molar-refractivity contribution in [1.82, 2.24) is 9.97 Å².